The molecule has 3 heteroatoms. The lowest BCUT2D eigenvalue weighted by atomic mass is 10.1. The van der Waals surface area contributed by atoms with Crippen molar-refractivity contribution in [3.63, 3.8) is 0 Å². The second-order valence-electron chi connectivity index (χ2n) is 6.62. The lowest BCUT2D eigenvalue weighted by Crippen LogP contribution is -2.00. The Hall–Kier alpha value is -2.06. The maximum absolute atomic E-state index is 4.83. The molecular formula is C23H29ClN2. The van der Waals surface area contributed by atoms with Gasteiger partial charge in [-0.1, -0.05) is 87.6 Å². The normalized spacial score (nSPS) is 11.1. The number of fused-ring (bicyclic) bond motifs is 1. The van der Waals surface area contributed by atoms with Crippen LogP contribution in [0.5, 0.6) is 0 Å². The highest BCUT2D eigenvalue weighted by atomic mass is 35.5. The first kappa shape index (κ1) is 20.3. The van der Waals surface area contributed by atoms with E-state index in [4.69, 9.17) is 4.98 Å². The third-order valence-corrected chi connectivity index (χ3v) is 4.64. The van der Waals surface area contributed by atoms with Crippen molar-refractivity contribution in [2.75, 3.05) is 0 Å². The first-order valence-corrected chi connectivity index (χ1v) is 9.57. The minimum absolute atomic E-state index is 0. The van der Waals surface area contributed by atoms with E-state index < -0.39 is 0 Å². The first-order chi connectivity index (χ1) is 12.4. The van der Waals surface area contributed by atoms with E-state index in [1.807, 2.05) is 6.07 Å². The van der Waals surface area contributed by atoms with Gasteiger partial charge in [0.15, 0.2) is 0 Å². The van der Waals surface area contributed by atoms with Crippen LogP contribution in [0.2, 0.25) is 0 Å². The lowest BCUT2D eigenvalue weighted by Gasteiger charge is -2.07. The van der Waals surface area contributed by atoms with E-state index in [0.717, 1.165) is 17.9 Å². The molecule has 2 aromatic carbocycles. The summed E-state index contributed by atoms with van der Waals surface area (Å²) in [7, 11) is 0. The smallest absolute Gasteiger partial charge is 0.133 e. The van der Waals surface area contributed by atoms with Crippen LogP contribution in [0.1, 0.15) is 56.8 Å². The SMILES string of the molecule is CCCCCCCCn1c(C=Cc2ccccc2)nc2ccccc21.Cl. The molecule has 0 amide bonds. The monoisotopic (exact) mass is 368 g/mol. The number of nitrogens with zero attached hydrogens (tertiary/aromatic N) is 2. The van der Waals surface area contributed by atoms with Gasteiger partial charge in [0.2, 0.25) is 0 Å². The Labute approximate surface area is 163 Å². The summed E-state index contributed by atoms with van der Waals surface area (Å²) in [6.45, 7) is 3.31. The molecule has 0 aliphatic carbocycles. The summed E-state index contributed by atoms with van der Waals surface area (Å²) in [4.78, 5) is 4.83. The van der Waals surface area contributed by atoms with Gasteiger partial charge in [0.1, 0.15) is 5.82 Å². The average molecular weight is 369 g/mol. The zero-order valence-electron chi connectivity index (χ0n) is 15.6. The third kappa shape index (κ3) is 5.47. The average Bonchev–Trinajstić information content (AvgIpc) is 3.01. The largest absolute Gasteiger partial charge is 0.324 e. The predicted octanol–water partition coefficient (Wildman–Crippen LogP) is 6.99. The van der Waals surface area contributed by atoms with E-state index in [1.165, 1.54) is 49.6 Å². The number of para-hydroxylation sites is 2. The Morgan fingerprint density at radius 3 is 2.31 bits per heavy atom. The molecule has 0 unspecified atom stereocenters. The highest BCUT2D eigenvalue weighted by Gasteiger charge is 2.07. The summed E-state index contributed by atoms with van der Waals surface area (Å²) >= 11 is 0. The Bertz CT molecular complexity index is 805. The van der Waals surface area contributed by atoms with E-state index in [1.54, 1.807) is 0 Å². The van der Waals surface area contributed by atoms with Crippen molar-refractivity contribution in [2.45, 2.75) is 52.0 Å². The van der Waals surface area contributed by atoms with Gasteiger partial charge in [-0.2, -0.15) is 0 Å². The lowest BCUT2D eigenvalue weighted by molar-refractivity contribution is 0.562. The molecule has 3 aromatic rings. The molecule has 0 fully saturated rings. The van der Waals surface area contributed by atoms with Gasteiger partial charge in [-0.25, -0.2) is 4.98 Å². The van der Waals surface area contributed by atoms with Crippen LogP contribution in [-0.2, 0) is 6.54 Å². The number of unbranched alkanes of at least 4 members (excludes halogenated alkanes) is 5. The van der Waals surface area contributed by atoms with Crippen molar-refractivity contribution in [1.82, 2.24) is 9.55 Å². The molecule has 2 nitrogen and oxygen atoms in total. The van der Waals surface area contributed by atoms with Crippen LogP contribution in [0.4, 0.5) is 0 Å². The van der Waals surface area contributed by atoms with E-state index in [9.17, 15) is 0 Å². The van der Waals surface area contributed by atoms with Crippen molar-refractivity contribution in [3.8, 4) is 0 Å². The van der Waals surface area contributed by atoms with Gasteiger partial charge in [0.05, 0.1) is 11.0 Å². The number of aromatic nitrogens is 2. The fourth-order valence-electron chi connectivity index (χ4n) is 3.24. The highest BCUT2D eigenvalue weighted by molar-refractivity contribution is 5.85. The van der Waals surface area contributed by atoms with Gasteiger partial charge in [-0.15, -0.1) is 12.4 Å². The molecule has 0 atom stereocenters. The Morgan fingerprint density at radius 1 is 0.808 bits per heavy atom. The van der Waals surface area contributed by atoms with Gasteiger partial charge in [0.25, 0.3) is 0 Å². The summed E-state index contributed by atoms with van der Waals surface area (Å²) in [5, 5.41) is 0. The fourth-order valence-corrected chi connectivity index (χ4v) is 3.24. The van der Waals surface area contributed by atoms with Crippen LogP contribution in [0.3, 0.4) is 0 Å². The highest BCUT2D eigenvalue weighted by Crippen LogP contribution is 2.19. The Morgan fingerprint density at radius 2 is 1.50 bits per heavy atom. The van der Waals surface area contributed by atoms with Crippen LogP contribution in [0.25, 0.3) is 23.2 Å². The minimum atomic E-state index is 0. The molecular weight excluding hydrogens is 340 g/mol. The van der Waals surface area contributed by atoms with Gasteiger partial charge in [0, 0.05) is 6.54 Å². The molecule has 1 aromatic heterocycles. The second-order valence-corrected chi connectivity index (χ2v) is 6.62. The van der Waals surface area contributed by atoms with Crippen LogP contribution < -0.4 is 0 Å². The van der Waals surface area contributed by atoms with Gasteiger partial charge in [-0.05, 0) is 30.2 Å². The molecule has 0 N–H and O–H groups in total. The Kier molecular flexibility index (Phi) is 8.43. The standard InChI is InChI=1S/C23H28N2.ClH/c1-2-3-4-5-6-12-19-25-22-16-11-10-15-21(22)24-23(25)18-17-20-13-8-7-9-14-20;/h7-11,13-18H,2-6,12,19H2,1H3;1H. The number of benzene rings is 2. The molecule has 26 heavy (non-hydrogen) atoms. The number of imidazole rings is 1. The van der Waals surface area contributed by atoms with Crippen molar-refractivity contribution in [2.24, 2.45) is 0 Å². The summed E-state index contributed by atoms with van der Waals surface area (Å²) in [6, 6.07) is 18.9. The summed E-state index contributed by atoms with van der Waals surface area (Å²) < 4.78 is 2.37. The van der Waals surface area contributed by atoms with Crippen molar-refractivity contribution in [1.29, 1.82) is 0 Å². The van der Waals surface area contributed by atoms with Gasteiger partial charge < -0.3 is 4.57 Å². The van der Waals surface area contributed by atoms with E-state index in [2.05, 4.69) is 72.2 Å². The van der Waals surface area contributed by atoms with E-state index >= 15 is 0 Å². The quantitative estimate of drug-likeness (QED) is 0.372. The zero-order valence-corrected chi connectivity index (χ0v) is 16.4. The molecule has 0 saturated heterocycles. The first-order valence-electron chi connectivity index (χ1n) is 9.57. The van der Waals surface area contributed by atoms with Gasteiger partial charge >= 0.3 is 0 Å². The van der Waals surface area contributed by atoms with Crippen molar-refractivity contribution >= 4 is 35.6 Å². The Balaban J connectivity index is 0.00000243. The molecule has 0 aliphatic rings. The summed E-state index contributed by atoms with van der Waals surface area (Å²) in [6.07, 6.45) is 12.2. The minimum Gasteiger partial charge on any atom is -0.324 e. The number of aryl methyl sites for hydroxylation is 1. The van der Waals surface area contributed by atoms with Crippen LogP contribution in [-0.4, -0.2) is 9.55 Å². The third-order valence-electron chi connectivity index (χ3n) is 4.64. The van der Waals surface area contributed by atoms with Crippen molar-refractivity contribution < 1.29 is 0 Å². The predicted molar refractivity (Wildman–Crippen MR) is 116 cm³/mol. The zero-order chi connectivity index (χ0) is 17.3. The molecule has 1 heterocycles. The van der Waals surface area contributed by atoms with Gasteiger partial charge in [-0.3, -0.25) is 0 Å². The number of halogens is 1. The van der Waals surface area contributed by atoms with Crippen LogP contribution in [0.15, 0.2) is 54.6 Å². The fraction of sp³-hybridized carbons (Fsp3) is 0.348. The molecule has 0 spiro atoms. The topological polar surface area (TPSA) is 17.8 Å². The molecule has 3 rings (SSSR count). The maximum atomic E-state index is 4.83. The molecule has 0 radical (unpaired) electrons. The van der Waals surface area contributed by atoms with E-state index in [0.29, 0.717) is 0 Å². The number of hydrogen-bond acceptors (Lipinski definition) is 1. The summed E-state index contributed by atoms with van der Waals surface area (Å²) in [5.41, 5.74) is 3.53. The number of hydrogen-bond donors (Lipinski definition) is 0. The molecule has 0 bridgehead atoms. The molecule has 0 aliphatic heterocycles. The summed E-state index contributed by atoms with van der Waals surface area (Å²) in [5.74, 6) is 1.05. The molecule has 138 valence electrons. The number of rotatable bonds is 9. The van der Waals surface area contributed by atoms with Crippen molar-refractivity contribution in [3.05, 3.63) is 66.0 Å². The van der Waals surface area contributed by atoms with E-state index in [-0.39, 0.29) is 12.4 Å². The maximum Gasteiger partial charge on any atom is 0.133 e. The second kappa shape index (κ2) is 10.8. The molecule has 0 saturated carbocycles. The van der Waals surface area contributed by atoms with Crippen LogP contribution >= 0.6 is 12.4 Å². The van der Waals surface area contributed by atoms with Crippen LogP contribution in [0, 0.1) is 0 Å².